The minimum Gasteiger partial charge on any atom is -0.329 e. The summed E-state index contributed by atoms with van der Waals surface area (Å²) in [6.45, 7) is 1.81. The lowest BCUT2D eigenvalue weighted by Crippen LogP contribution is -2.32. The smallest absolute Gasteiger partial charge is 0.324 e. The molecular weight excluding hydrogens is 192 g/mol. The molecule has 0 spiro atoms. The van der Waals surface area contributed by atoms with Crippen molar-refractivity contribution in [3.63, 3.8) is 0 Å². The van der Waals surface area contributed by atoms with E-state index in [4.69, 9.17) is 0 Å². The number of nitrogens with zero attached hydrogens (tertiary/aromatic N) is 1. The van der Waals surface area contributed by atoms with Gasteiger partial charge in [0.15, 0.2) is 0 Å². The van der Waals surface area contributed by atoms with E-state index < -0.39 is 0 Å². The van der Waals surface area contributed by atoms with E-state index in [1.165, 1.54) is 11.8 Å². The van der Waals surface area contributed by atoms with E-state index in [-0.39, 0.29) is 18.0 Å². The Morgan fingerprint density at radius 3 is 2.60 bits per heavy atom. The fourth-order valence-corrected chi connectivity index (χ4v) is 1.68. The molecule has 4 nitrogen and oxygen atoms in total. The molecule has 0 saturated carbocycles. The van der Waals surface area contributed by atoms with Crippen LogP contribution >= 0.6 is 0 Å². The maximum atomic E-state index is 11.4. The summed E-state index contributed by atoms with van der Waals surface area (Å²) in [6.07, 6.45) is 0. The molecule has 1 aliphatic heterocycles. The number of rotatable bonds is 1. The Labute approximate surface area is 87.9 Å². The summed E-state index contributed by atoms with van der Waals surface area (Å²) in [7, 11) is 0. The summed E-state index contributed by atoms with van der Waals surface area (Å²) >= 11 is 0. The first-order valence-corrected chi connectivity index (χ1v) is 4.82. The fraction of sp³-hybridized carbons (Fsp3) is 0.273. The van der Waals surface area contributed by atoms with E-state index in [9.17, 15) is 9.59 Å². The van der Waals surface area contributed by atoms with E-state index in [1.54, 1.807) is 0 Å². The molecule has 1 heterocycles. The van der Waals surface area contributed by atoms with Crippen molar-refractivity contribution in [2.75, 3.05) is 6.54 Å². The number of nitrogens with one attached hydrogen (secondary N) is 1. The molecule has 78 valence electrons. The molecule has 1 saturated heterocycles. The lowest BCUT2D eigenvalue weighted by atomic mass is 10.1. The van der Waals surface area contributed by atoms with Crippen molar-refractivity contribution in [3.05, 3.63) is 35.9 Å². The normalized spacial score (nSPS) is 20.2. The van der Waals surface area contributed by atoms with E-state index in [2.05, 4.69) is 5.32 Å². The highest BCUT2D eigenvalue weighted by atomic mass is 16.2. The molecule has 2 rings (SSSR count). The van der Waals surface area contributed by atoms with Crippen LogP contribution in [0.4, 0.5) is 4.79 Å². The lowest BCUT2D eigenvalue weighted by molar-refractivity contribution is -0.125. The summed E-state index contributed by atoms with van der Waals surface area (Å²) in [6, 6.07) is 9.24. The quantitative estimate of drug-likeness (QED) is 0.749. The molecule has 0 radical (unpaired) electrons. The Hall–Kier alpha value is -1.84. The number of hydrogen-bond acceptors (Lipinski definition) is 2. The molecule has 4 heteroatoms. The van der Waals surface area contributed by atoms with Gasteiger partial charge in [-0.25, -0.2) is 4.79 Å². The number of urea groups is 1. The third kappa shape index (κ3) is 1.83. The van der Waals surface area contributed by atoms with Crippen molar-refractivity contribution in [2.45, 2.75) is 13.0 Å². The molecule has 1 N–H and O–H groups in total. The van der Waals surface area contributed by atoms with Gasteiger partial charge in [0.1, 0.15) is 0 Å². The van der Waals surface area contributed by atoms with E-state index in [1.807, 2.05) is 30.3 Å². The predicted molar refractivity (Wildman–Crippen MR) is 55.1 cm³/mol. The van der Waals surface area contributed by atoms with Crippen molar-refractivity contribution in [1.82, 2.24) is 10.2 Å². The van der Waals surface area contributed by atoms with Gasteiger partial charge in [-0.15, -0.1) is 0 Å². The van der Waals surface area contributed by atoms with E-state index >= 15 is 0 Å². The van der Waals surface area contributed by atoms with E-state index in [0.29, 0.717) is 6.54 Å². The minimum atomic E-state index is -0.309. The fourth-order valence-electron chi connectivity index (χ4n) is 1.68. The molecule has 1 atom stereocenters. The third-order valence-electron chi connectivity index (χ3n) is 2.49. The molecule has 3 amide bonds. The molecule has 15 heavy (non-hydrogen) atoms. The zero-order valence-electron chi connectivity index (χ0n) is 8.43. The van der Waals surface area contributed by atoms with Crippen LogP contribution in [0.15, 0.2) is 30.3 Å². The van der Waals surface area contributed by atoms with Gasteiger partial charge in [0, 0.05) is 6.92 Å². The predicted octanol–water partition coefficient (Wildman–Crippen LogP) is 1.30. The second-order valence-electron chi connectivity index (χ2n) is 3.54. The zero-order valence-corrected chi connectivity index (χ0v) is 8.43. The van der Waals surface area contributed by atoms with Crippen molar-refractivity contribution in [2.24, 2.45) is 0 Å². The van der Waals surface area contributed by atoms with Crippen molar-refractivity contribution in [1.29, 1.82) is 0 Å². The number of amides is 3. The number of carbonyl (C=O) groups excluding carboxylic acids is 2. The first-order chi connectivity index (χ1) is 7.18. The van der Waals surface area contributed by atoms with Crippen LogP contribution in [0, 0.1) is 0 Å². The first kappa shape index (κ1) is 9.71. The second kappa shape index (κ2) is 3.73. The molecule has 0 aliphatic carbocycles. The Bertz CT molecular complexity index is 389. The van der Waals surface area contributed by atoms with Crippen LogP contribution in [0.2, 0.25) is 0 Å². The van der Waals surface area contributed by atoms with Gasteiger partial charge in [-0.2, -0.15) is 0 Å². The van der Waals surface area contributed by atoms with Crippen LogP contribution in [0.3, 0.4) is 0 Å². The van der Waals surface area contributed by atoms with Crippen LogP contribution in [-0.2, 0) is 4.79 Å². The monoisotopic (exact) mass is 204 g/mol. The molecule has 1 aliphatic rings. The Kier molecular flexibility index (Phi) is 2.41. The third-order valence-corrected chi connectivity index (χ3v) is 2.49. The molecule has 1 fully saturated rings. The minimum absolute atomic E-state index is 0.0809. The zero-order chi connectivity index (χ0) is 10.8. The van der Waals surface area contributed by atoms with Gasteiger partial charge < -0.3 is 5.32 Å². The largest absolute Gasteiger partial charge is 0.329 e. The number of benzene rings is 1. The van der Waals surface area contributed by atoms with Crippen molar-refractivity contribution < 1.29 is 9.59 Å². The topological polar surface area (TPSA) is 49.4 Å². The SMILES string of the molecule is CC(=O)N1C[C@@H](c2ccccc2)NC1=O. The van der Waals surface area contributed by atoms with Gasteiger partial charge in [0.25, 0.3) is 0 Å². The standard InChI is InChI=1S/C11H12N2O2/c1-8(14)13-7-10(12-11(13)15)9-5-3-2-4-6-9/h2-6,10H,7H2,1H3,(H,12,15)/t10-/m0/s1. The summed E-state index contributed by atoms with van der Waals surface area (Å²) in [4.78, 5) is 23.7. The molecule has 0 bridgehead atoms. The number of carbonyl (C=O) groups is 2. The van der Waals surface area contributed by atoms with Crippen LogP contribution in [0.1, 0.15) is 18.5 Å². The summed E-state index contributed by atoms with van der Waals surface area (Å²) in [5.74, 6) is -0.217. The summed E-state index contributed by atoms with van der Waals surface area (Å²) < 4.78 is 0. The maximum Gasteiger partial charge on any atom is 0.324 e. The Balaban J connectivity index is 2.16. The molecule has 1 aromatic carbocycles. The first-order valence-electron chi connectivity index (χ1n) is 4.82. The highest BCUT2D eigenvalue weighted by Gasteiger charge is 2.31. The highest BCUT2D eigenvalue weighted by molar-refractivity contribution is 5.95. The lowest BCUT2D eigenvalue weighted by Gasteiger charge is -2.09. The summed E-state index contributed by atoms with van der Waals surface area (Å²) in [5.41, 5.74) is 1.02. The van der Waals surface area contributed by atoms with Crippen LogP contribution in [0.5, 0.6) is 0 Å². The van der Waals surface area contributed by atoms with Gasteiger partial charge in [-0.05, 0) is 5.56 Å². The molecule has 0 unspecified atom stereocenters. The Morgan fingerprint density at radius 1 is 1.40 bits per heavy atom. The molecule has 0 aromatic heterocycles. The maximum absolute atomic E-state index is 11.4. The van der Waals surface area contributed by atoms with Crippen LogP contribution in [0.25, 0.3) is 0 Å². The van der Waals surface area contributed by atoms with Crippen molar-refractivity contribution >= 4 is 11.9 Å². The number of hydrogen-bond donors (Lipinski definition) is 1. The van der Waals surface area contributed by atoms with E-state index in [0.717, 1.165) is 5.56 Å². The van der Waals surface area contributed by atoms with Gasteiger partial charge in [-0.3, -0.25) is 9.69 Å². The molecular formula is C11H12N2O2. The van der Waals surface area contributed by atoms with Crippen LogP contribution in [-0.4, -0.2) is 23.4 Å². The van der Waals surface area contributed by atoms with Crippen molar-refractivity contribution in [3.8, 4) is 0 Å². The molecule has 1 aromatic rings. The highest BCUT2D eigenvalue weighted by Crippen LogP contribution is 2.19. The van der Waals surface area contributed by atoms with Gasteiger partial charge in [0.2, 0.25) is 5.91 Å². The van der Waals surface area contributed by atoms with Gasteiger partial charge in [0.05, 0.1) is 12.6 Å². The van der Waals surface area contributed by atoms with Gasteiger partial charge in [-0.1, -0.05) is 30.3 Å². The summed E-state index contributed by atoms with van der Waals surface area (Å²) in [5, 5.41) is 2.77. The number of imide groups is 1. The Morgan fingerprint density at radius 2 is 2.07 bits per heavy atom. The average molecular weight is 204 g/mol. The average Bonchev–Trinajstić information content (AvgIpc) is 2.62. The van der Waals surface area contributed by atoms with Crippen LogP contribution < -0.4 is 5.32 Å². The van der Waals surface area contributed by atoms with Gasteiger partial charge >= 0.3 is 6.03 Å². The second-order valence-corrected chi connectivity index (χ2v) is 3.54.